The summed E-state index contributed by atoms with van der Waals surface area (Å²) in [5.74, 6) is -0.00187. The summed E-state index contributed by atoms with van der Waals surface area (Å²) in [6.45, 7) is 5.01. The number of carbonyl (C=O) groups excluding carboxylic acids is 2. The van der Waals surface area contributed by atoms with Gasteiger partial charge in [0.1, 0.15) is 0 Å². The maximum Gasteiger partial charge on any atom is 0.305 e. The maximum absolute atomic E-state index is 12.6. The zero-order valence-electron chi connectivity index (χ0n) is 56.3. The highest BCUT2D eigenvalue weighted by Gasteiger charge is 2.20. The van der Waals surface area contributed by atoms with E-state index in [1.807, 2.05) is 0 Å². The Balaban J connectivity index is 3.33. The van der Waals surface area contributed by atoms with Gasteiger partial charge in [-0.05, 0) is 25.7 Å². The molecule has 82 heavy (non-hydrogen) atoms. The molecule has 3 N–H and O–H groups in total. The number of aliphatic hydroxyl groups is 2. The fourth-order valence-corrected chi connectivity index (χ4v) is 12.6. The van der Waals surface area contributed by atoms with Crippen molar-refractivity contribution in [2.75, 3.05) is 13.2 Å². The molecular weight excluding hydrogens is 1010 g/mol. The van der Waals surface area contributed by atoms with Crippen LogP contribution >= 0.6 is 0 Å². The van der Waals surface area contributed by atoms with E-state index in [1.165, 1.54) is 379 Å². The van der Waals surface area contributed by atoms with E-state index in [9.17, 15) is 19.8 Å². The molecule has 0 aromatic rings. The molecule has 6 heteroatoms. The van der Waals surface area contributed by atoms with E-state index in [-0.39, 0.29) is 18.5 Å². The minimum absolute atomic E-state index is 0.0231. The largest absolute Gasteiger partial charge is 0.466 e. The van der Waals surface area contributed by atoms with Crippen LogP contribution in [0.2, 0.25) is 0 Å². The Morgan fingerprint density at radius 2 is 0.500 bits per heavy atom. The van der Waals surface area contributed by atoms with Crippen molar-refractivity contribution in [2.24, 2.45) is 0 Å². The summed E-state index contributed by atoms with van der Waals surface area (Å²) >= 11 is 0. The molecule has 0 saturated carbocycles. The van der Waals surface area contributed by atoms with E-state index in [4.69, 9.17) is 4.74 Å². The number of ether oxygens (including phenoxy) is 1. The van der Waals surface area contributed by atoms with Crippen molar-refractivity contribution >= 4 is 11.9 Å². The highest BCUT2D eigenvalue weighted by Crippen LogP contribution is 2.20. The number of hydrogen-bond donors (Lipinski definition) is 3. The van der Waals surface area contributed by atoms with Crippen LogP contribution in [-0.4, -0.2) is 47.4 Å². The smallest absolute Gasteiger partial charge is 0.305 e. The van der Waals surface area contributed by atoms with Crippen LogP contribution in [0.5, 0.6) is 0 Å². The minimum atomic E-state index is -0.662. The molecule has 0 rings (SSSR count). The third-order valence-electron chi connectivity index (χ3n) is 18.4. The fourth-order valence-electron chi connectivity index (χ4n) is 12.6. The molecule has 6 nitrogen and oxygen atoms in total. The van der Waals surface area contributed by atoms with Gasteiger partial charge in [0.2, 0.25) is 5.91 Å². The fraction of sp³-hybridized carbons (Fsp3) is 0.974. The number of amides is 1. The SMILES string of the molecule is CCCCCCCCCCCCCCCCCCCCCCCCC(O)C(CO)NC(=O)CCCCCCCCCCCCCCCCCCCCCCCCCCCCCCCCOC(=O)CCCCCCCCCCCCCCC. The number of aliphatic hydroxyl groups excluding tert-OH is 2. The summed E-state index contributed by atoms with van der Waals surface area (Å²) in [6, 6.07) is -0.538. The first-order valence-corrected chi connectivity index (χ1v) is 38.3. The van der Waals surface area contributed by atoms with Crippen LogP contribution in [0.15, 0.2) is 0 Å². The molecule has 490 valence electrons. The third kappa shape index (κ3) is 68.0. The predicted octanol–water partition coefficient (Wildman–Crippen LogP) is 24.9. The Bertz CT molecular complexity index is 1200. The van der Waals surface area contributed by atoms with Crippen molar-refractivity contribution in [3.8, 4) is 0 Å². The van der Waals surface area contributed by atoms with Crippen molar-refractivity contribution in [3.05, 3.63) is 0 Å². The minimum Gasteiger partial charge on any atom is -0.466 e. The molecule has 0 aromatic heterocycles. The highest BCUT2D eigenvalue weighted by atomic mass is 16.5. The van der Waals surface area contributed by atoms with Crippen LogP contribution in [0.4, 0.5) is 0 Å². The average Bonchev–Trinajstić information content (AvgIpc) is 3.48. The molecule has 0 saturated heterocycles. The van der Waals surface area contributed by atoms with Gasteiger partial charge in [-0.25, -0.2) is 0 Å². The lowest BCUT2D eigenvalue weighted by Crippen LogP contribution is -2.45. The molecule has 0 radical (unpaired) electrons. The Morgan fingerprint density at radius 3 is 0.744 bits per heavy atom. The molecule has 2 unspecified atom stereocenters. The van der Waals surface area contributed by atoms with Gasteiger partial charge in [-0.1, -0.05) is 412 Å². The summed E-state index contributed by atoms with van der Waals surface area (Å²) in [6.07, 6.45) is 89.0. The highest BCUT2D eigenvalue weighted by molar-refractivity contribution is 5.76. The molecule has 0 bridgehead atoms. The van der Waals surface area contributed by atoms with Crippen molar-refractivity contribution in [1.29, 1.82) is 0 Å². The monoisotopic (exact) mass is 1160 g/mol. The Hall–Kier alpha value is -1.14. The van der Waals surface area contributed by atoms with Crippen LogP contribution in [0.25, 0.3) is 0 Å². The van der Waals surface area contributed by atoms with Crippen molar-refractivity contribution in [2.45, 2.75) is 463 Å². The predicted molar refractivity (Wildman–Crippen MR) is 361 cm³/mol. The summed E-state index contributed by atoms with van der Waals surface area (Å²) in [7, 11) is 0. The van der Waals surface area contributed by atoms with Gasteiger partial charge in [-0.3, -0.25) is 9.59 Å². The second-order valence-electron chi connectivity index (χ2n) is 26.7. The summed E-state index contributed by atoms with van der Waals surface area (Å²) in [4.78, 5) is 24.6. The number of nitrogens with one attached hydrogen (secondary N) is 1. The van der Waals surface area contributed by atoms with Crippen molar-refractivity contribution in [3.63, 3.8) is 0 Å². The lowest BCUT2D eigenvalue weighted by Gasteiger charge is -2.22. The van der Waals surface area contributed by atoms with Crippen LogP contribution in [0.1, 0.15) is 450 Å². The average molecular weight is 1160 g/mol. The zero-order chi connectivity index (χ0) is 59.2. The second kappa shape index (κ2) is 72.3. The topological polar surface area (TPSA) is 95.9 Å². The zero-order valence-corrected chi connectivity index (χ0v) is 56.3. The molecule has 0 aliphatic carbocycles. The molecule has 0 heterocycles. The van der Waals surface area contributed by atoms with Gasteiger partial charge in [-0.15, -0.1) is 0 Å². The maximum atomic E-state index is 12.6. The molecule has 0 aromatic carbocycles. The number of hydrogen-bond acceptors (Lipinski definition) is 5. The molecule has 2 atom stereocenters. The van der Waals surface area contributed by atoms with Crippen LogP contribution in [0.3, 0.4) is 0 Å². The van der Waals surface area contributed by atoms with E-state index in [0.29, 0.717) is 25.9 Å². The van der Waals surface area contributed by atoms with Gasteiger partial charge in [0.15, 0.2) is 0 Å². The summed E-state index contributed by atoms with van der Waals surface area (Å²) in [5, 5.41) is 23.5. The van der Waals surface area contributed by atoms with E-state index in [0.717, 1.165) is 38.5 Å². The second-order valence-corrected chi connectivity index (χ2v) is 26.7. The Labute approximate surface area is 515 Å². The number of unbranched alkanes of at least 4 members (excludes halogenated alkanes) is 62. The van der Waals surface area contributed by atoms with Crippen molar-refractivity contribution in [1.82, 2.24) is 5.32 Å². The molecule has 1 amide bonds. The van der Waals surface area contributed by atoms with Crippen LogP contribution in [-0.2, 0) is 14.3 Å². The number of esters is 1. The lowest BCUT2D eigenvalue weighted by atomic mass is 10.0. The van der Waals surface area contributed by atoms with E-state index in [2.05, 4.69) is 19.2 Å². The standard InChI is InChI=1S/C76H151NO5/c1-3-5-7-9-11-13-15-17-18-19-20-21-32-35-38-41-45-48-52-56-60-64-68-74(79)73(72-78)77-75(80)69-65-61-57-53-49-46-42-39-36-33-30-28-26-24-22-23-25-27-29-31-34-37-40-43-47-51-55-59-63-67-71-82-76(81)70-66-62-58-54-50-44-16-14-12-10-8-6-4-2/h73-74,78-79H,3-72H2,1-2H3,(H,77,80). The summed E-state index contributed by atoms with van der Waals surface area (Å²) < 4.78 is 5.49. The van der Waals surface area contributed by atoms with E-state index < -0.39 is 12.1 Å². The van der Waals surface area contributed by atoms with Gasteiger partial charge < -0.3 is 20.3 Å². The number of rotatable bonds is 73. The number of carbonyl (C=O) groups is 2. The lowest BCUT2D eigenvalue weighted by molar-refractivity contribution is -0.143. The molecule has 0 aliphatic rings. The third-order valence-corrected chi connectivity index (χ3v) is 18.4. The molecule has 0 fully saturated rings. The first kappa shape index (κ1) is 80.9. The Morgan fingerprint density at radius 1 is 0.293 bits per heavy atom. The summed E-state index contributed by atoms with van der Waals surface area (Å²) in [5.41, 5.74) is 0. The van der Waals surface area contributed by atoms with Gasteiger partial charge in [0, 0.05) is 12.8 Å². The van der Waals surface area contributed by atoms with E-state index in [1.54, 1.807) is 0 Å². The van der Waals surface area contributed by atoms with Crippen molar-refractivity contribution < 1.29 is 24.5 Å². The van der Waals surface area contributed by atoms with Gasteiger partial charge in [-0.2, -0.15) is 0 Å². The van der Waals surface area contributed by atoms with Crippen LogP contribution in [0, 0.1) is 0 Å². The first-order chi connectivity index (χ1) is 40.5. The van der Waals surface area contributed by atoms with E-state index >= 15 is 0 Å². The van der Waals surface area contributed by atoms with Gasteiger partial charge in [0.25, 0.3) is 0 Å². The molecule has 0 spiro atoms. The van der Waals surface area contributed by atoms with Gasteiger partial charge in [0.05, 0.1) is 25.4 Å². The van der Waals surface area contributed by atoms with Crippen LogP contribution < -0.4 is 5.32 Å². The van der Waals surface area contributed by atoms with Gasteiger partial charge >= 0.3 is 5.97 Å². The Kier molecular flexibility index (Phi) is 71.3. The molecule has 0 aliphatic heterocycles. The molecular formula is C76H151NO5. The quantitative estimate of drug-likeness (QED) is 0.0417. The normalized spacial score (nSPS) is 12.4. The first-order valence-electron chi connectivity index (χ1n) is 38.3.